The molecular weight excluding hydrogens is 215 g/mol. The fourth-order valence-corrected chi connectivity index (χ4v) is 0.828. The first-order valence-corrected chi connectivity index (χ1v) is 4.36. The van der Waals surface area contributed by atoms with Crippen LogP contribution in [0.1, 0.15) is 19.3 Å². The molecular formula is C8H12F3NO3. The molecule has 0 fully saturated rings. The molecule has 0 aromatic carbocycles. The minimum absolute atomic E-state index is 0.0190. The SMILES string of the molecule is O=C(O)CCCCNCC(=O)C(F)(F)F. The zero-order valence-corrected chi connectivity index (χ0v) is 7.93. The molecule has 0 unspecified atom stereocenters. The highest BCUT2D eigenvalue weighted by Crippen LogP contribution is 2.14. The first-order valence-electron chi connectivity index (χ1n) is 4.36. The minimum Gasteiger partial charge on any atom is -0.481 e. The van der Waals surface area contributed by atoms with Crippen molar-refractivity contribution in [3.63, 3.8) is 0 Å². The van der Waals surface area contributed by atoms with Gasteiger partial charge in [-0.2, -0.15) is 13.2 Å². The van der Waals surface area contributed by atoms with Crippen molar-refractivity contribution in [1.29, 1.82) is 0 Å². The van der Waals surface area contributed by atoms with Gasteiger partial charge in [-0.1, -0.05) is 0 Å². The van der Waals surface area contributed by atoms with Crippen molar-refractivity contribution in [2.24, 2.45) is 0 Å². The Hall–Kier alpha value is -1.11. The lowest BCUT2D eigenvalue weighted by molar-refractivity contribution is -0.169. The van der Waals surface area contributed by atoms with Gasteiger partial charge in [0.2, 0.25) is 5.78 Å². The summed E-state index contributed by atoms with van der Waals surface area (Å²) in [7, 11) is 0. The number of halogens is 3. The molecule has 0 aromatic heterocycles. The van der Waals surface area contributed by atoms with Gasteiger partial charge in [-0.3, -0.25) is 9.59 Å². The number of rotatable bonds is 7. The van der Waals surface area contributed by atoms with Crippen molar-refractivity contribution in [2.45, 2.75) is 25.4 Å². The van der Waals surface area contributed by atoms with Crippen molar-refractivity contribution >= 4 is 11.8 Å². The van der Waals surface area contributed by atoms with Gasteiger partial charge in [0.05, 0.1) is 6.54 Å². The molecule has 4 nitrogen and oxygen atoms in total. The predicted molar refractivity (Wildman–Crippen MR) is 45.4 cm³/mol. The Balaban J connectivity index is 3.40. The van der Waals surface area contributed by atoms with E-state index in [1.54, 1.807) is 0 Å². The lowest BCUT2D eigenvalue weighted by Gasteiger charge is -2.05. The number of nitrogens with one attached hydrogen (secondary N) is 1. The summed E-state index contributed by atoms with van der Waals surface area (Å²) in [5.74, 6) is -2.76. The molecule has 2 N–H and O–H groups in total. The highest BCUT2D eigenvalue weighted by Gasteiger charge is 2.37. The Morgan fingerprint density at radius 1 is 1.20 bits per heavy atom. The van der Waals surface area contributed by atoms with Crippen LogP contribution < -0.4 is 5.32 Å². The van der Waals surface area contributed by atoms with Gasteiger partial charge in [0.25, 0.3) is 0 Å². The second kappa shape index (κ2) is 6.39. The molecule has 0 rings (SSSR count). The van der Waals surface area contributed by atoms with E-state index in [0.717, 1.165) is 0 Å². The van der Waals surface area contributed by atoms with E-state index in [-0.39, 0.29) is 13.0 Å². The zero-order valence-electron chi connectivity index (χ0n) is 7.93. The quantitative estimate of drug-likeness (QED) is 0.636. The van der Waals surface area contributed by atoms with Gasteiger partial charge in [-0.15, -0.1) is 0 Å². The van der Waals surface area contributed by atoms with Crippen LogP contribution in [-0.2, 0) is 9.59 Å². The molecule has 0 aromatic rings. The standard InChI is InChI=1S/C8H12F3NO3/c9-8(10,11)6(13)5-12-4-2-1-3-7(14)15/h12H,1-5H2,(H,14,15). The van der Waals surface area contributed by atoms with E-state index in [9.17, 15) is 22.8 Å². The van der Waals surface area contributed by atoms with Gasteiger partial charge in [0.1, 0.15) is 0 Å². The second-order valence-electron chi connectivity index (χ2n) is 2.95. The number of alkyl halides is 3. The molecule has 0 heterocycles. The summed E-state index contributed by atoms with van der Waals surface area (Å²) in [6, 6.07) is 0. The van der Waals surface area contributed by atoms with E-state index in [1.165, 1.54) is 0 Å². The zero-order chi connectivity index (χ0) is 11.9. The third-order valence-electron chi connectivity index (χ3n) is 1.60. The van der Waals surface area contributed by atoms with Crippen LogP contribution in [0.3, 0.4) is 0 Å². The van der Waals surface area contributed by atoms with E-state index in [1.807, 2.05) is 0 Å². The molecule has 0 bridgehead atoms. The molecule has 0 atom stereocenters. The fourth-order valence-electron chi connectivity index (χ4n) is 0.828. The third-order valence-corrected chi connectivity index (χ3v) is 1.60. The van der Waals surface area contributed by atoms with Crippen LogP contribution >= 0.6 is 0 Å². The summed E-state index contributed by atoms with van der Waals surface area (Å²) in [5, 5.41) is 10.5. The minimum atomic E-state index is -4.80. The highest BCUT2D eigenvalue weighted by atomic mass is 19.4. The maximum absolute atomic E-state index is 11.7. The second-order valence-corrected chi connectivity index (χ2v) is 2.95. The van der Waals surface area contributed by atoms with Crippen LogP contribution in [-0.4, -0.2) is 36.1 Å². The Morgan fingerprint density at radius 2 is 1.80 bits per heavy atom. The highest BCUT2D eigenvalue weighted by molar-refractivity contribution is 5.85. The largest absolute Gasteiger partial charge is 0.481 e. The number of carbonyl (C=O) groups is 2. The molecule has 0 spiro atoms. The molecule has 15 heavy (non-hydrogen) atoms. The number of carbonyl (C=O) groups excluding carboxylic acids is 1. The lowest BCUT2D eigenvalue weighted by atomic mass is 10.2. The molecule has 0 saturated heterocycles. The van der Waals surface area contributed by atoms with E-state index >= 15 is 0 Å². The van der Waals surface area contributed by atoms with Gasteiger partial charge in [-0.05, 0) is 19.4 Å². The number of carboxylic acid groups (broad SMARTS) is 1. The number of hydrogen-bond donors (Lipinski definition) is 2. The van der Waals surface area contributed by atoms with E-state index in [2.05, 4.69) is 5.32 Å². The summed E-state index contributed by atoms with van der Waals surface area (Å²) < 4.78 is 35.0. The number of unbranched alkanes of at least 4 members (excludes halogenated alkanes) is 1. The van der Waals surface area contributed by atoms with Gasteiger partial charge in [0, 0.05) is 6.42 Å². The molecule has 0 aliphatic rings. The summed E-state index contributed by atoms with van der Waals surface area (Å²) in [4.78, 5) is 20.4. The normalized spacial score (nSPS) is 11.4. The number of hydrogen-bond acceptors (Lipinski definition) is 3. The molecule has 0 amide bonds. The van der Waals surface area contributed by atoms with Crippen molar-refractivity contribution in [3.05, 3.63) is 0 Å². The van der Waals surface area contributed by atoms with Crippen LogP contribution in [0.2, 0.25) is 0 Å². The molecule has 7 heteroatoms. The van der Waals surface area contributed by atoms with Gasteiger partial charge >= 0.3 is 12.1 Å². The van der Waals surface area contributed by atoms with Crippen LogP contribution in [0.25, 0.3) is 0 Å². The van der Waals surface area contributed by atoms with E-state index in [4.69, 9.17) is 5.11 Å². The third kappa shape index (κ3) is 7.92. The molecule has 0 aliphatic heterocycles. The number of ketones is 1. The lowest BCUT2D eigenvalue weighted by Crippen LogP contribution is -2.34. The van der Waals surface area contributed by atoms with Gasteiger partial charge in [0.15, 0.2) is 0 Å². The van der Waals surface area contributed by atoms with Crippen LogP contribution in [0.5, 0.6) is 0 Å². The first kappa shape index (κ1) is 13.9. The Labute approximate surface area is 84.5 Å². The molecule has 0 radical (unpaired) electrons. The van der Waals surface area contributed by atoms with Crippen LogP contribution in [0, 0.1) is 0 Å². The topological polar surface area (TPSA) is 66.4 Å². The number of carboxylic acids is 1. The summed E-state index contributed by atoms with van der Waals surface area (Å²) >= 11 is 0. The van der Waals surface area contributed by atoms with Crippen molar-refractivity contribution in [2.75, 3.05) is 13.1 Å². The fraction of sp³-hybridized carbons (Fsp3) is 0.750. The summed E-state index contributed by atoms with van der Waals surface area (Å²) in [6.07, 6.45) is -4.01. The smallest absolute Gasteiger partial charge is 0.451 e. The van der Waals surface area contributed by atoms with Gasteiger partial charge in [-0.25, -0.2) is 0 Å². The van der Waals surface area contributed by atoms with Crippen molar-refractivity contribution in [1.82, 2.24) is 5.32 Å². The van der Waals surface area contributed by atoms with Gasteiger partial charge < -0.3 is 10.4 Å². The molecule has 0 aliphatic carbocycles. The maximum Gasteiger partial charge on any atom is 0.451 e. The summed E-state index contributed by atoms with van der Waals surface area (Å²) in [5.41, 5.74) is 0. The Morgan fingerprint density at radius 3 is 2.27 bits per heavy atom. The average molecular weight is 227 g/mol. The average Bonchev–Trinajstić information content (AvgIpc) is 2.08. The molecule has 88 valence electrons. The van der Waals surface area contributed by atoms with E-state index < -0.39 is 24.5 Å². The Kier molecular flexibility index (Phi) is 5.92. The number of aliphatic carboxylic acids is 1. The van der Waals surface area contributed by atoms with Crippen LogP contribution in [0.4, 0.5) is 13.2 Å². The van der Waals surface area contributed by atoms with Crippen molar-refractivity contribution in [3.8, 4) is 0 Å². The Bertz CT molecular complexity index is 228. The molecule has 0 saturated carbocycles. The number of Topliss-reactive ketones (excluding diaryl/α,β-unsaturated/α-hetero) is 1. The monoisotopic (exact) mass is 227 g/mol. The predicted octanol–water partition coefficient (Wildman–Crippen LogP) is 0.962. The van der Waals surface area contributed by atoms with Crippen molar-refractivity contribution < 1.29 is 27.9 Å². The maximum atomic E-state index is 11.7. The van der Waals surface area contributed by atoms with E-state index in [0.29, 0.717) is 12.8 Å². The van der Waals surface area contributed by atoms with Crippen LogP contribution in [0.15, 0.2) is 0 Å². The summed E-state index contributed by atoms with van der Waals surface area (Å²) in [6.45, 7) is -0.550. The first-order chi connectivity index (χ1) is 6.84.